The summed E-state index contributed by atoms with van der Waals surface area (Å²) in [5.74, 6) is 2.36. The Hall–Kier alpha value is -0.583. The number of rotatable bonds is 7. The fraction of sp³-hybridized carbons (Fsp3) is 0.810. The molecule has 0 aromatic rings. The lowest BCUT2D eigenvalue weighted by atomic mass is 9.83. The van der Waals surface area contributed by atoms with E-state index in [2.05, 4.69) is 71.9 Å². The van der Waals surface area contributed by atoms with Crippen LogP contribution in [0.25, 0.3) is 0 Å². The second-order valence-corrected chi connectivity index (χ2v) is 14.6. The van der Waals surface area contributed by atoms with E-state index < -0.39 is 8.32 Å². The zero-order valence-corrected chi connectivity index (χ0v) is 18.5. The summed E-state index contributed by atoms with van der Waals surface area (Å²) in [6, 6.07) is 0. The average molecular weight is 364 g/mol. The molecule has 2 fully saturated rings. The summed E-state index contributed by atoms with van der Waals surface area (Å²) in [7, 11) is 2.75. The van der Waals surface area contributed by atoms with Crippen LogP contribution < -0.4 is 0 Å². The largest absolute Gasteiger partial charge is 0.494 e. The summed E-state index contributed by atoms with van der Waals surface area (Å²) in [6.07, 6.45) is 8.96. The molecule has 2 saturated carbocycles. The monoisotopic (exact) mass is 363 g/mol. The molecule has 0 N–H and O–H groups in total. The van der Waals surface area contributed by atoms with Crippen LogP contribution in [0.3, 0.4) is 0 Å². The molecule has 0 radical (unpaired) electrons. The molecule has 0 amide bonds. The highest BCUT2D eigenvalue weighted by Crippen LogP contribution is 2.58. The van der Waals surface area contributed by atoms with Gasteiger partial charge in [-0.1, -0.05) is 20.8 Å². The van der Waals surface area contributed by atoms with Crippen molar-refractivity contribution in [1.29, 1.82) is 0 Å². The molecule has 3 aliphatic carbocycles. The first-order valence-electron chi connectivity index (χ1n) is 9.96. The molecular formula is C21H37NO2Si. The van der Waals surface area contributed by atoms with Gasteiger partial charge in [0.2, 0.25) is 0 Å². The molecule has 3 atom stereocenters. The second kappa shape index (κ2) is 6.24. The first-order chi connectivity index (χ1) is 11.5. The van der Waals surface area contributed by atoms with Crippen LogP contribution in [-0.2, 0) is 9.16 Å². The van der Waals surface area contributed by atoms with E-state index in [4.69, 9.17) is 9.16 Å². The van der Waals surface area contributed by atoms with Crippen molar-refractivity contribution in [1.82, 2.24) is 4.90 Å². The van der Waals surface area contributed by atoms with Gasteiger partial charge in [-0.05, 0) is 82.1 Å². The minimum atomic E-state index is -1.70. The van der Waals surface area contributed by atoms with Gasteiger partial charge in [0.25, 0.3) is 0 Å². The molecule has 3 aliphatic rings. The first kappa shape index (κ1) is 19.2. The Morgan fingerprint density at radius 2 is 1.88 bits per heavy atom. The van der Waals surface area contributed by atoms with Gasteiger partial charge >= 0.3 is 0 Å². The molecule has 25 heavy (non-hydrogen) atoms. The molecule has 0 spiro atoms. The third-order valence-electron chi connectivity index (χ3n) is 6.76. The van der Waals surface area contributed by atoms with Gasteiger partial charge in [0.1, 0.15) is 5.76 Å². The fourth-order valence-corrected chi connectivity index (χ4v) is 5.45. The maximum absolute atomic E-state index is 6.72. The molecule has 0 heterocycles. The number of hydrogen-bond acceptors (Lipinski definition) is 3. The normalized spacial score (nSPS) is 32.7. The van der Waals surface area contributed by atoms with Crippen LogP contribution in [0, 0.1) is 11.8 Å². The summed E-state index contributed by atoms with van der Waals surface area (Å²) in [5, 5.41) is 0.272. The number of hydrogen-bond donors (Lipinski definition) is 0. The zero-order valence-electron chi connectivity index (χ0n) is 17.5. The standard InChI is InChI=1S/C21H37NO2Si/c1-9-23-16-12-18(21(14-16,22(5)6)15-10-11-15)17-13-19(17)24-25(7,8)20(2,3)4/h12,14-15,17,19H,9-11,13H2,1-8H3/t17-,19+,21?/m0/s1. The lowest BCUT2D eigenvalue weighted by Crippen LogP contribution is -2.46. The van der Waals surface area contributed by atoms with E-state index in [0.29, 0.717) is 12.0 Å². The Morgan fingerprint density at radius 1 is 1.24 bits per heavy atom. The lowest BCUT2D eigenvalue weighted by molar-refractivity contribution is 0.196. The van der Waals surface area contributed by atoms with Crippen molar-refractivity contribution in [3.63, 3.8) is 0 Å². The van der Waals surface area contributed by atoms with Crippen LogP contribution in [0.15, 0.2) is 23.5 Å². The van der Waals surface area contributed by atoms with Gasteiger partial charge in [-0.3, -0.25) is 4.90 Å². The fourth-order valence-electron chi connectivity index (χ4n) is 4.08. The third-order valence-corrected chi connectivity index (χ3v) is 11.3. The Balaban J connectivity index is 1.81. The van der Waals surface area contributed by atoms with Crippen LogP contribution in [0.1, 0.15) is 47.0 Å². The van der Waals surface area contributed by atoms with Crippen LogP contribution in [-0.4, -0.2) is 45.6 Å². The highest BCUT2D eigenvalue weighted by Gasteiger charge is 2.58. The minimum absolute atomic E-state index is 0.0563. The van der Waals surface area contributed by atoms with Gasteiger partial charge in [-0.25, -0.2) is 0 Å². The Morgan fingerprint density at radius 3 is 2.36 bits per heavy atom. The highest BCUT2D eigenvalue weighted by molar-refractivity contribution is 6.74. The molecule has 1 unspecified atom stereocenters. The Kier molecular flexibility index (Phi) is 4.79. The molecule has 3 nitrogen and oxygen atoms in total. The smallest absolute Gasteiger partial charge is 0.192 e. The van der Waals surface area contributed by atoms with Crippen molar-refractivity contribution in [2.75, 3.05) is 20.7 Å². The summed E-state index contributed by atoms with van der Waals surface area (Å²) in [6.45, 7) is 14.5. The molecule has 142 valence electrons. The number of likely N-dealkylation sites (N-methyl/N-ethyl adjacent to an activating group) is 1. The molecule has 3 rings (SSSR count). The predicted molar refractivity (Wildman–Crippen MR) is 107 cm³/mol. The minimum Gasteiger partial charge on any atom is -0.494 e. The van der Waals surface area contributed by atoms with Crippen LogP contribution in [0.2, 0.25) is 18.1 Å². The Labute approximate surface area is 155 Å². The van der Waals surface area contributed by atoms with Crippen molar-refractivity contribution in [3.8, 4) is 0 Å². The van der Waals surface area contributed by atoms with E-state index in [1.54, 1.807) is 5.57 Å². The van der Waals surface area contributed by atoms with Crippen molar-refractivity contribution < 1.29 is 9.16 Å². The van der Waals surface area contributed by atoms with Gasteiger partial charge in [0, 0.05) is 5.92 Å². The maximum atomic E-state index is 6.72. The highest BCUT2D eigenvalue weighted by atomic mass is 28.4. The predicted octanol–water partition coefficient (Wildman–Crippen LogP) is 4.97. The van der Waals surface area contributed by atoms with E-state index in [-0.39, 0.29) is 10.6 Å². The van der Waals surface area contributed by atoms with E-state index >= 15 is 0 Å². The van der Waals surface area contributed by atoms with Crippen molar-refractivity contribution in [3.05, 3.63) is 23.5 Å². The maximum Gasteiger partial charge on any atom is 0.192 e. The van der Waals surface area contributed by atoms with E-state index in [9.17, 15) is 0 Å². The SMILES string of the molecule is CCOC1=CC(C2CC2)(N(C)C)C([C@@H]2C[C@H]2O[Si](C)(C)C(C)(C)C)=C1. The molecule has 0 aromatic carbocycles. The van der Waals surface area contributed by atoms with Crippen LogP contribution in [0.5, 0.6) is 0 Å². The number of nitrogens with zero attached hydrogens (tertiary/aromatic N) is 1. The lowest BCUT2D eigenvalue weighted by Gasteiger charge is -2.39. The van der Waals surface area contributed by atoms with Gasteiger partial charge in [-0.15, -0.1) is 0 Å². The van der Waals surface area contributed by atoms with Gasteiger partial charge in [0.05, 0.1) is 18.2 Å². The zero-order chi connectivity index (χ0) is 18.6. The van der Waals surface area contributed by atoms with E-state index in [1.165, 1.54) is 19.3 Å². The molecule has 0 aliphatic heterocycles. The molecular weight excluding hydrogens is 326 g/mol. The number of ether oxygens (including phenoxy) is 1. The average Bonchev–Trinajstić information content (AvgIpc) is 3.38. The van der Waals surface area contributed by atoms with Crippen LogP contribution in [0.4, 0.5) is 0 Å². The van der Waals surface area contributed by atoms with Crippen molar-refractivity contribution in [2.45, 2.75) is 76.7 Å². The Bertz CT molecular complexity index is 579. The first-order valence-corrected chi connectivity index (χ1v) is 12.9. The van der Waals surface area contributed by atoms with E-state index in [1.807, 2.05) is 0 Å². The van der Waals surface area contributed by atoms with Gasteiger partial charge in [0.15, 0.2) is 8.32 Å². The summed E-state index contributed by atoms with van der Waals surface area (Å²) < 4.78 is 12.6. The molecule has 0 saturated heterocycles. The second-order valence-electron chi connectivity index (χ2n) is 9.83. The van der Waals surface area contributed by atoms with Crippen molar-refractivity contribution >= 4 is 8.32 Å². The van der Waals surface area contributed by atoms with Crippen LogP contribution >= 0.6 is 0 Å². The summed E-state index contributed by atoms with van der Waals surface area (Å²) in [4.78, 5) is 2.42. The molecule has 0 aromatic heterocycles. The third kappa shape index (κ3) is 3.37. The molecule has 4 heteroatoms. The van der Waals surface area contributed by atoms with Gasteiger partial charge < -0.3 is 9.16 Å². The van der Waals surface area contributed by atoms with Gasteiger partial charge in [-0.2, -0.15) is 0 Å². The summed E-state index contributed by atoms with van der Waals surface area (Å²) in [5.41, 5.74) is 1.60. The summed E-state index contributed by atoms with van der Waals surface area (Å²) >= 11 is 0. The quantitative estimate of drug-likeness (QED) is 0.596. The van der Waals surface area contributed by atoms with Crippen molar-refractivity contribution in [2.24, 2.45) is 11.8 Å². The number of allylic oxidation sites excluding steroid dienone is 1. The topological polar surface area (TPSA) is 21.7 Å². The molecule has 0 bridgehead atoms. The van der Waals surface area contributed by atoms with E-state index in [0.717, 1.165) is 18.3 Å².